The Morgan fingerprint density at radius 1 is 1.31 bits per heavy atom. The molecule has 0 amide bonds. The first-order valence-electron chi connectivity index (χ1n) is 3.99. The van der Waals surface area contributed by atoms with Crippen LogP contribution in [0.4, 0.5) is 0 Å². The largest absolute Gasteiger partial charge is 0.457 e. The van der Waals surface area contributed by atoms with E-state index in [1.807, 2.05) is 18.2 Å². The van der Waals surface area contributed by atoms with Crippen LogP contribution in [0, 0.1) is 0 Å². The highest BCUT2D eigenvalue weighted by molar-refractivity contribution is 5.79. The third-order valence-corrected chi connectivity index (χ3v) is 1.53. The average Bonchev–Trinajstić information content (AvgIpc) is 2.15. The zero-order valence-corrected chi connectivity index (χ0v) is 7.69. The molecule has 1 atom stereocenters. The summed E-state index contributed by atoms with van der Waals surface area (Å²) in [5, 5.41) is 0. The minimum Gasteiger partial charge on any atom is -0.457 e. The van der Waals surface area contributed by atoms with Crippen LogP contribution in [0.3, 0.4) is 0 Å². The summed E-state index contributed by atoms with van der Waals surface area (Å²) in [5.74, 6) is 0.482. The van der Waals surface area contributed by atoms with Crippen LogP contribution >= 0.6 is 0 Å². The summed E-state index contributed by atoms with van der Waals surface area (Å²) in [6.07, 6.45) is -0.803. The lowest BCUT2D eigenvalue weighted by Gasteiger charge is -2.13. The van der Waals surface area contributed by atoms with E-state index in [-0.39, 0.29) is 5.78 Å². The third kappa shape index (κ3) is 2.87. The van der Waals surface area contributed by atoms with Crippen molar-refractivity contribution in [1.82, 2.24) is 0 Å². The summed E-state index contributed by atoms with van der Waals surface area (Å²) in [6, 6.07) is 9.09. The number of hydrogen-bond donors (Lipinski definition) is 0. The van der Waals surface area contributed by atoms with Crippen molar-refractivity contribution in [3.8, 4) is 5.75 Å². The molecule has 0 aliphatic heterocycles. The molecule has 70 valence electrons. The highest BCUT2D eigenvalue weighted by atomic mass is 16.7. The van der Waals surface area contributed by atoms with Crippen LogP contribution in [0.25, 0.3) is 0 Å². The van der Waals surface area contributed by atoms with Crippen molar-refractivity contribution in [3.05, 3.63) is 30.3 Å². The molecule has 0 aromatic heterocycles. The Balaban J connectivity index is 2.62. The Bertz CT molecular complexity index is 269. The molecule has 0 bridgehead atoms. The van der Waals surface area contributed by atoms with E-state index in [9.17, 15) is 4.79 Å². The topological polar surface area (TPSA) is 35.5 Å². The normalized spacial score (nSPS) is 12.2. The summed E-state index contributed by atoms with van der Waals surface area (Å²) in [5.41, 5.74) is 0. The first kappa shape index (κ1) is 9.74. The smallest absolute Gasteiger partial charge is 0.259 e. The van der Waals surface area contributed by atoms with Crippen LogP contribution in [0.2, 0.25) is 0 Å². The third-order valence-electron chi connectivity index (χ3n) is 1.53. The molecule has 3 nitrogen and oxygen atoms in total. The number of ether oxygens (including phenoxy) is 2. The van der Waals surface area contributed by atoms with Gasteiger partial charge in [-0.1, -0.05) is 18.2 Å². The minimum atomic E-state index is -0.803. The number of para-hydroxylation sites is 1. The molecule has 0 spiro atoms. The van der Waals surface area contributed by atoms with Gasteiger partial charge in [0.05, 0.1) is 0 Å². The number of Topliss-reactive ketones (excluding diaryl/α,β-unsaturated/α-hetero) is 1. The van der Waals surface area contributed by atoms with Crippen molar-refractivity contribution in [2.24, 2.45) is 0 Å². The standard InChI is InChI=1S/C10H12O3/c1-8(11)10(12-2)13-9-6-4-3-5-7-9/h3-7,10H,1-2H3. The predicted octanol–water partition coefficient (Wildman–Crippen LogP) is 1.63. The second-order valence-electron chi connectivity index (χ2n) is 2.61. The number of rotatable bonds is 4. The van der Waals surface area contributed by atoms with Crippen LogP contribution < -0.4 is 4.74 Å². The quantitative estimate of drug-likeness (QED) is 0.660. The number of hydrogen-bond acceptors (Lipinski definition) is 3. The first-order valence-corrected chi connectivity index (χ1v) is 3.99. The lowest BCUT2D eigenvalue weighted by Crippen LogP contribution is -2.26. The molecule has 3 heteroatoms. The molecule has 0 N–H and O–H groups in total. The van der Waals surface area contributed by atoms with Crippen molar-refractivity contribution in [2.45, 2.75) is 13.2 Å². The van der Waals surface area contributed by atoms with Crippen LogP contribution in [-0.4, -0.2) is 19.2 Å². The Morgan fingerprint density at radius 3 is 2.38 bits per heavy atom. The van der Waals surface area contributed by atoms with E-state index in [4.69, 9.17) is 9.47 Å². The zero-order valence-electron chi connectivity index (χ0n) is 7.69. The number of carbonyl (C=O) groups excluding carboxylic acids is 1. The van der Waals surface area contributed by atoms with E-state index >= 15 is 0 Å². The maximum Gasteiger partial charge on any atom is 0.259 e. The Hall–Kier alpha value is -1.35. The van der Waals surface area contributed by atoms with Gasteiger partial charge in [0.2, 0.25) is 0 Å². The van der Waals surface area contributed by atoms with Gasteiger partial charge in [0.1, 0.15) is 5.75 Å². The van der Waals surface area contributed by atoms with Gasteiger partial charge < -0.3 is 9.47 Å². The number of ketones is 1. The van der Waals surface area contributed by atoms with Gasteiger partial charge in [-0.3, -0.25) is 4.79 Å². The maximum absolute atomic E-state index is 10.9. The van der Waals surface area contributed by atoms with Crippen molar-refractivity contribution < 1.29 is 14.3 Å². The predicted molar refractivity (Wildman–Crippen MR) is 48.5 cm³/mol. The fourth-order valence-electron chi connectivity index (χ4n) is 0.920. The molecule has 0 aliphatic rings. The second kappa shape index (κ2) is 4.62. The number of carbonyl (C=O) groups is 1. The molecule has 0 heterocycles. The van der Waals surface area contributed by atoms with Gasteiger partial charge in [-0.25, -0.2) is 0 Å². The van der Waals surface area contributed by atoms with Crippen LogP contribution in [0.15, 0.2) is 30.3 Å². The average molecular weight is 180 g/mol. The first-order chi connectivity index (χ1) is 6.24. The van der Waals surface area contributed by atoms with Gasteiger partial charge in [-0.15, -0.1) is 0 Å². The minimum absolute atomic E-state index is 0.147. The molecule has 13 heavy (non-hydrogen) atoms. The van der Waals surface area contributed by atoms with Gasteiger partial charge in [0, 0.05) is 14.0 Å². The lowest BCUT2D eigenvalue weighted by atomic mass is 10.3. The highest BCUT2D eigenvalue weighted by Crippen LogP contribution is 2.11. The maximum atomic E-state index is 10.9. The second-order valence-corrected chi connectivity index (χ2v) is 2.61. The van der Waals surface area contributed by atoms with E-state index < -0.39 is 6.29 Å². The molecular formula is C10H12O3. The molecule has 0 saturated carbocycles. The SMILES string of the molecule is COC(Oc1ccccc1)C(C)=O. The molecule has 1 aromatic carbocycles. The molecule has 1 unspecified atom stereocenters. The summed E-state index contributed by atoms with van der Waals surface area (Å²) in [4.78, 5) is 10.9. The van der Waals surface area contributed by atoms with Crippen molar-refractivity contribution in [3.63, 3.8) is 0 Å². The fraction of sp³-hybridized carbons (Fsp3) is 0.300. The Labute approximate surface area is 77.3 Å². The van der Waals surface area contributed by atoms with Gasteiger partial charge >= 0.3 is 0 Å². The van der Waals surface area contributed by atoms with Gasteiger partial charge in [-0.2, -0.15) is 0 Å². The summed E-state index contributed by atoms with van der Waals surface area (Å²) < 4.78 is 10.1. The number of benzene rings is 1. The molecule has 0 radical (unpaired) electrons. The van der Waals surface area contributed by atoms with Crippen LogP contribution in [0.5, 0.6) is 5.75 Å². The number of methoxy groups -OCH3 is 1. The van der Waals surface area contributed by atoms with E-state index in [2.05, 4.69) is 0 Å². The fourth-order valence-corrected chi connectivity index (χ4v) is 0.920. The van der Waals surface area contributed by atoms with E-state index in [0.29, 0.717) is 5.75 Å². The molecule has 1 rings (SSSR count). The summed E-state index contributed by atoms with van der Waals surface area (Å²) in [7, 11) is 1.44. The molecule has 0 aliphatic carbocycles. The highest BCUT2D eigenvalue weighted by Gasteiger charge is 2.13. The van der Waals surface area contributed by atoms with Crippen molar-refractivity contribution in [2.75, 3.05) is 7.11 Å². The summed E-state index contributed by atoms with van der Waals surface area (Å²) >= 11 is 0. The molecule has 0 fully saturated rings. The molecule has 1 aromatic rings. The lowest BCUT2D eigenvalue weighted by molar-refractivity contribution is -0.143. The molecule has 0 saturated heterocycles. The van der Waals surface area contributed by atoms with Crippen molar-refractivity contribution in [1.29, 1.82) is 0 Å². The van der Waals surface area contributed by atoms with E-state index in [1.54, 1.807) is 12.1 Å². The van der Waals surface area contributed by atoms with Crippen LogP contribution in [-0.2, 0) is 9.53 Å². The van der Waals surface area contributed by atoms with Gasteiger partial charge in [-0.05, 0) is 12.1 Å². The Morgan fingerprint density at radius 2 is 1.92 bits per heavy atom. The van der Waals surface area contributed by atoms with E-state index in [1.165, 1.54) is 14.0 Å². The molecular weight excluding hydrogens is 168 g/mol. The van der Waals surface area contributed by atoms with Crippen LogP contribution in [0.1, 0.15) is 6.92 Å². The van der Waals surface area contributed by atoms with E-state index in [0.717, 1.165) is 0 Å². The van der Waals surface area contributed by atoms with Gasteiger partial charge in [0.25, 0.3) is 6.29 Å². The zero-order chi connectivity index (χ0) is 9.68. The van der Waals surface area contributed by atoms with Gasteiger partial charge in [0.15, 0.2) is 5.78 Å². The van der Waals surface area contributed by atoms with Crippen molar-refractivity contribution >= 4 is 5.78 Å². The Kier molecular flexibility index (Phi) is 3.46. The monoisotopic (exact) mass is 180 g/mol. The summed E-state index contributed by atoms with van der Waals surface area (Å²) in [6.45, 7) is 1.43.